The summed E-state index contributed by atoms with van der Waals surface area (Å²) in [4.78, 5) is 2.00. The fourth-order valence-electron chi connectivity index (χ4n) is 1.68. The first-order valence-electron chi connectivity index (χ1n) is 5.76. The molecule has 0 atom stereocenters. The summed E-state index contributed by atoms with van der Waals surface area (Å²) in [5, 5.41) is 11.4. The molecule has 94 valence electrons. The number of benzene rings is 1. The lowest BCUT2D eigenvalue weighted by Crippen LogP contribution is -2.30. The lowest BCUT2D eigenvalue weighted by molar-refractivity contribution is 0.308. The van der Waals surface area contributed by atoms with Gasteiger partial charge in [0, 0.05) is 6.54 Å². The Morgan fingerprint density at radius 2 is 1.94 bits per heavy atom. The number of hydrogen-bond acceptors (Lipinski definition) is 3. The maximum absolute atomic E-state index is 8.48. The molecular weight excluding hydrogens is 214 g/mol. The first-order valence-corrected chi connectivity index (χ1v) is 5.76. The third-order valence-corrected chi connectivity index (χ3v) is 2.66. The third kappa shape index (κ3) is 4.44. The molecule has 0 spiro atoms. The molecule has 0 heterocycles. The molecule has 0 amide bonds. The highest BCUT2D eigenvalue weighted by molar-refractivity contribution is 5.81. The van der Waals surface area contributed by atoms with E-state index in [4.69, 9.17) is 10.9 Å². The standard InChI is InChI=1S/C13H21N3O/c1-10(2)12-6-4-11(5-7-12)8-16(3)9-13(14)15-17/h4-7,10,17H,8-9H2,1-3H3,(H2,14,15). The second-order valence-corrected chi connectivity index (χ2v) is 4.66. The average Bonchev–Trinajstić information content (AvgIpc) is 2.29. The van der Waals surface area contributed by atoms with Gasteiger partial charge in [-0.15, -0.1) is 0 Å². The summed E-state index contributed by atoms with van der Waals surface area (Å²) in [6.07, 6.45) is 0. The molecular formula is C13H21N3O. The van der Waals surface area contributed by atoms with Crippen molar-refractivity contribution in [3.8, 4) is 0 Å². The van der Waals surface area contributed by atoms with Gasteiger partial charge in [-0.1, -0.05) is 43.3 Å². The Bertz CT molecular complexity index is 371. The van der Waals surface area contributed by atoms with Crippen LogP contribution in [0.25, 0.3) is 0 Å². The second-order valence-electron chi connectivity index (χ2n) is 4.66. The van der Waals surface area contributed by atoms with E-state index in [0.29, 0.717) is 12.5 Å². The Morgan fingerprint density at radius 3 is 2.41 bits per heavy atom. The van der Waals surface area contributed by atoms with Gasteiger partial charge in [0.1, 0.15) is 0 Å². The van der Waals surface area contributed by atoms with Gasteiger partial charge in [-0.05, 0) is 24.1 Å². The molecule has 0 aliphatic heterocycles. The smallest absolute Gasteiger partial charge is 0.153 e. The van der Waals surface area contributed by atoms with Gasteiger partial charge in [0.05, 0.1) is 6.54 Å². The van der Waals surface area contributed by atoms with Crippen molar-refractivity contribution in [1.29, 1.82) is 0 Å². The summed E-state index contributed by atoms with van der Waals surface area (Å²) < 4.78 is 0. The Kier molecular flexibility index (Phi) is 4.97. The predicted octanol–water partition coefficient (Wildman–Crippen LogP) is 1.99. The number of rotatable bonds is 5. The number of nitrogens with two attached hydrogens (primary N) is 1. The molecule has 3 N–H and O–H groups in total. The molecule has 4 heteroatoms. The fraction of sp³-hybridized carbons (Fsp3) is 0.462. The highest BCUT2D eigenvalue weighted by atomic mass is 16.4. The zero-order chi connectivity index (χ0) is 12.8. The van der Waals surface area contributed by atoms with Crippen LogP contribution in [0.3, 0.4) is 0 Å². The van der Waals surface area contributed by atoms with Crippen molar-refractivity contribution in [1.82, 2.24) is 4.90 Å². The molecule has 0 aliphatic carbocycles. The van der Waals surface area contributed by atoms with Crippen molar-refractivity contribution in [2.24, 2.45) is 10.9 Å². The van der Waals surface area contributed by atoms with Gasteiger partial charge in [-0.3, -0.25) is 4.90 Å². The highest BCUT2D eigenvalue weighted by Crippen LogP contribution is 2.15. The van der Waals surface area contributed by atoms with Crippen molar-refractivity contribution >= 4 is 5.84 Å². The van der Waals surface area contributed by atoms with Crippen molar-refractivity contribution in [3.05, 3.63) is 35.4 Å². The minimum Gasteiger partial charge on any atom is -0.409 e. The molecule has 4 nitrogen and oxygen atoms in total. The average molecular weight is 235 g/mol. The minimum absolute atomic E-state index is 0.228. The number of amidine groups is 1. The van der Waals surface area contributed by atoms with E-state index in [1.54, 1.807) is 0 Å². The number of oxime groups is 1. The Balaban J connectivity index is 2.57. The summed E-state index contributed by atoms with van der Waals surface area (Å²) >= 11 is 0. The third-order valence-electron chi connectivity index (χ3n) is 2.66. The Morgan fingerprint density at radius 1 is 1.35 bits per heavy atom. The summed E-state index contributed by atoms with van der Waals surface area (Å²) in [5.74, 6) is 0.783. The highest BCUT2D eigenvalue weighted by Gasteiger charge is 2.04. The summed E-state index contributed by atoms with van der Waals surface area (Å²) in [6.45, 7) is 5.61. The van der Waals surface area contributed by atoms with Gasteiger partial charge >= 0.3 is 0 Å². The van der Waals surface area contributed by atoms with Gasteiger partial charge in [0.15, 0.2) is 5.84 Å². The van der Waals surface area contributed by atoms with Crippen LogP contribution in [-0.2, 0) is 6.54 Å². The zero-order valence-corrected chi connectivity index (χ0v) is 10.7. The van der Waals surface area contributed by atoms with Gasteiger partial charge in [0.25, 0.3) is 0 Å². The normalized spacial score (nSPS) is 12.4. The van der Waals surface area contributed by atoms with Crippen LogP contribution in [0.2, 0.25) is 0 Å². The topological polar surface area (TPSA) is 61.8 Å². The first kappa shape index (κ1) is 13.5. The molecule has 0 saturated carbocycles. The van der Waals surface area contributed by atoms with Crippen LogP contribution in [0.1, 0.15) is 30.9 Å². The fourth-order valence-corrected chi connectivity index (χ4v) is 1.68. The molecule has 0 aliphatic rings. The van der Waals surface area contributed by atoms with Crippen LogP contribution < -0.4 is 5.73 Å². The van der Waals surface area contributed by atoms with Crippen LogP contribution in [0.15, 0.2) is 29.4 Å². The summed E-state index contributed by atoms with van der Waals surface area (Å²) in [6, 6.07) is 8.55. The monoisotopic (exact) mass is 235 g/mol. The first-order chi connectivity index (χ1) is 8.02. The zero-order valence-electron chi connectivity index (χ0n) is 10.7. The van der Waals surface area contributed by atoms with Crippen LogP contribution in [0.5, 0.6) is 0 Å². The number of likely N-dealkylation sites (N-methyl/N-ethyl adjacent to an activating group) is 1. The molecule has 17 heavy (non-hydrogen) atoms. The summed E-state index contributed by atoms with van der Waals surface area (Å²) in [7, 11) is 1.94. The van der Waals surface area contributed by atoms with E-state index < -0.39 is 0 Å². The van der Waals surface area contributed by atoms with Crippen molar-refractivity contribution in [2.45, 2.75) is 26.3 Å². The summed E-state index contributed by atoms with van der Waals surface area (Å²) in [5.41, 5.74) is 8.01. The van der Waals surface area contributed by atoms with Crippen molar-refractivity contribution in [3.63, 3.8) is 0 Å². The van der Waals surface area contributed by atoms with Crippen LogP contribution >= 0.6 is 0 Å². The molecule has 0 unspecified atom stereocenters. The lowest BCUT2D eigenvalue weighted by Gasteiger charge is -2.16. The Labute approximate surface area is 103 Å². The maximum Gasteiger partial charge on any atom is 0.153 e. The largest absolute Gasteiger partial charge is 0.409 e. The molecule has 0 bridgehead atoms. The Hall–Kier alpha value is -1.55. The molecule has 0 aromatic heterocycles. The van der Waals surface area contributed by atoms with Gasteiger partial charge in [-0.2, -0.15) is 0 Å². The van der Waals surface area contributed by atoms with Crippen LogP contribution in [0, 0.1) is 0 Å². The number of hydrogen-bond donors (Lipinski definition) is 2. The van der Waals surface area contributed by atoms with Gasteiger partial charge in [0.2, 0.25) is 0 Å². The lowest BCUT2D eigenvalue weighted by atomic mass is 10.0. The quantitative estimate of drug-likeness (QED) is 0.355. The van der Waals surface area contributed by atoms with E-state index in [1.165, 1.54) is 11.1 Å². The molecule has 1 aromatic rings. The van der Waals surface area contributed by atoms with Gasteiger partial charge in [-0.25, -0.2) is 0 Å². The second kappa shape index (κ2) is 6.25. The molecule has 0 radical (unpaired) electrons. The van der Waals surface area contributed by atoms with E-state index in [9.17, 15) is 0 Å². The van der Waals surface area contributed by atoms with Crippen LogP contribution in [0.4, 0.5) is 0 Å². The van der Waals surface area contributed by atoms with E-state index in [2.05, 4.69) is 43.3 Å². The van der Waals surface area contributed by atoms with Crippen molar-refractivity contribution in [2.75, 3.05) is 13.6 Å². The molecule has 0 fully saturated rings. The molecule has 1 aromatic carbocycles. The van der Waals surface area contributed by atoms with Crippen LogP contribution in [-0.4, -0.2) is 29.5 Å². The SMILES string of the molecule is CC(C)c1ccc(CN(C)CC(N)=NO)cc1. The van der Waals surface area contributed by atoms with E-state index >= 15 is 0 Å². The number of nitrogens with zero attached hydrogens (tertiary/aromatic N) is 2. The van der Waals surface area contributed by atoms with E-state index in [1.807, 2.05) is 11.9 Å². The molecule has 0 saturated heterocycles. The van der Waals surface area contributed by atoms with Gasteiger partial charge < -0.3 is 10.9 Å². The minimum atomic E-state index is 0.228. The van der Waals surface area contributed by atoms with E-state index in [-0.39, 0.29) is 5.84 Å². The maximum atomic E-state index is 8.48. The predicted molar refractivity (Wildman–Crippen MR) is 70.3 cm³/mol. The van der Waals surface area contributed by atoms with Crippen molar-refractivity contribution < 1.29 is 5.21 Å². The molecule has 1 rings (SSSR count). The van der Waals surface area contributed by atoms with E-state index in [0.717, 1.165) is 6.54 Å².